The van der Waals surface area contributed by atoms with Gasteiger partial charge in [0.1, 0.15) is 0 Å². The highest BCUT2D eigenvalue weighted by Crippen LogP contribution is 2.36. The zero-order valence-electron chi connectivity index (χ0n) is 15.1. The first kappa shape index (κ1) is 21.0. The van der Waals surface area contributed by atoms with Gasteiger partial charge < -0.3 is 26.3 Å². The third-order valence-corrected chi connectivity index (χ3v) is 4.83. The van der Waals surface area contributed by atoms with E-state index in [0.29, 0.717) is 6.54 Å². The molecule has 2 heterocycles. The Kier molecular flexibility index (Phi) is 6.04. The lowest BCUT2D eigenvalue weighted by Gasteiger charge is -2.23. The predicted molar refractivity (Wildman–Crippen MR) is 102 cm³/mol. The van der Waals surface area contributed by atoms with Gasteiger partial charge in [-0.3, -0.25) is 4.79 Å². The van der Waals surface area contributed by atoms with Gasteiger partial charge in [0.2, 0.25) is 0 Å². The molecule has 1 fully saturated rings. The SMILES string of the molecule is NC(=O)Nc1cn(-c2ccc(C(F)(F)F)c(Cl)c2)cc1C(=O)NC1CCCNC1. The summed E-state index contributed by atoms with van der Waals surface area (Å²) in [6.45, 7) is 1.51. The number of benzene rings is 1. The molecule has 3 amide bonds. The monoisotopic (exact) mass is 429 g/mol. The summed E-state index contributed by atoms with van der Waals surface area (Å²) in [5.74, 6) is -0.431. The molecule has 0 aliphatic carbocycles. The highest BCUT2D eigenvalue weighted by atomic mass is 35.5. The maximum absolute atomic E-state index is 12.9. The van der Waals surface area contributed by atoms with E-state index in [4.69, 9.17) is 17.3 Å². The van der Waals surface area contributed by atoms with Crippen molar-refractivity contribution in [3.63, 3.8) is 0 Å². The lowest BCUT2D eigenvalue weighted by molar-refractivity contribution is -0.137. The molecule has 0 spiro atoms. The summed E-state index contributed by atoms with van der Waals surface area (Å²) in [6, 6.07) is 2.26. The van der Waals surface area contributed by atoms with Gasteiger partial charge in [-0.2, -0.15) is 13.2 Å². The minimum Gasteiger partial charge on any atom is -0.351 e. The molecule has 0 radical (unpaired) electrons. The zero-order chi connectivity index (χ0) is 21.2. The van der Waals surface area contributed by atoms with Crippen LogP contribution in [0.25, 0.3) is 5.69 Å². The molecule has 1 aliphatic rings. The number of halogens is 4. The van der Waals surface area contributed by atoms with Gasteiger partial charge in [-0.25, -0.2) is 4.79 Å². The molecular formula is C18H19ClF3N5O2. The first-order valence-corrected chi connectivity index (χ1v) is 9.20. The van der Waals surface area contributed by atoms with Crippen LogP contribution in [0.1, 0.15) is 28.8 Å². The van der Waals surface area contributed by atoms with Crippen molar-refractivity contribution in [1.82, 2.24) is 15.2 Å². The molecule has 2 aromatic rings. The van der Waals surface area contributed by atoms with Crippen molar-refractivity contribution >= 4 is 29.2 Å². The first-order valence-electron chi connectivity index (χ1n) is 8.82. The molecule has 1 saturated heterocycles. The second kappa shape index (κ2) is 8.34. The molecule has 1 aromatic heterocycles. The van der Waals surface area contributed by atoms with Crippen molar-refractivity contribution in [3.8, 4) is 5.69 Å². The van der Waals surface area contributed by atoms with E-state index in [1.54, 1.807) is 0 Å². The van der Waals surface area contributed by atoms with Crippen molar-refractivity contribution < 1.29 is 22.8 Å². The van der Waals surface area contributed by atoms with Gasteiger partial charge in [0.05, 0.1) is 21.8 Å². The molecule has 7 nitrogen and oxygen atoms in total. The Morgan fingerprint density at radius 2 is 2.03 bits per heavy atom. The number of nitrogens with one attached hydrogen (secondary N) is 3. The standard InChI is InChI=1S/C18H19ClF3N5O2/c19-14-6-11(3-4-13(14)18(20,21)22)27-8-12(15(9-27)26-17(23)29)16(28)25-10-2-1-5-24-7-10/h3-4,6,8-10,24H,1-2,5,7H2,(H,25,28)(H3,23,26,29). The number of carbonyl (C=O) groups excluding carboxylic acids is 2. The number of nitrogens with zero attached hydrogens (tertiary/aromatic N) is 1. The van der Waals surface area contributed by atoms with Crippen LogP contribution < -0.4 is 21.7 Å². The van der Waals surface area contributed by atoms with Crippen LogP contribution >= 0.6 is 11.6 Å². The van der Waals surface area contributed by atoms with Gasteiger partial charge in [0.25, 0.3) is 5.91 Å². The average molecular weight is 430 g/mol. The summed E-state index contributed by atoms with van der Waals surface area (Å²) >= 11 is 5.78. The quantitative estimate of drug-likeness (QED) is 0.600. The Labute approximate surface area is 169 Å². The summed E-state index contributed by atoms with van der Waals surface area (Å²) in [6.07, 6.45) is -0.0630. The Morgan fingerprint density at radius 1 is 1.28 bits per heavy atom. The maximum atomic E-state index is 12.9. The third kappa shape index (κ3) is 5.01. The number of anilines is 1. The van der Waals surface area contributed by atoms with E-state index in [1.165, 1.54) is 23.0 Å². The van der Waals surface area contributed by atoms with Crippen LogP contribution in [0, 0.1) is 0 Å². The summed E-state index contributed by atoms with van der Waals surface area (Å²) in [7, 11) is 0. The number of alkyl halides is 3. The zero-order valence-corrected chi connectivity index (χ0v) is 15.9. The first-order chi connectivity index (χ1) is 13.6. The van der Waals surface area contributed by atoms with Crippen LogP contribution in [0.2, 0.25) is 5.02 Å². The smallest absolute Gasteiger partial charge is 0.351 e. The van der Waals surface area contributed by atoms with E-state index in [2.05, 4.69) is 16.0 Å². The number of amides is 3. The highest BCUT2D eigenvalue weighted by molar-refractivity contribution is 6.31. The van der Waals surface area contributed by atoms with Crippen molar-refractivity contribution in [2.45, 2.75) is 25.1 Å². The molecule has 1 aliphatic heterocycles. The van der Waals surface area contributed by atoms with Crippen molar-refractivity contribution in [1.29, 1.82) is 0 Å². The molecule has 1 atom stereocenters. The number of hydrogen-bond donors (Lipinski definition) is 4. The minimum absolute atomic E-state index is 0.0680. The molecule has 1 unspecified atom stereocenters. The number of rotatable bonds is 4. The van der Waals surface area contributed by atoms with E-state index in [-0.39, 0.29) is 23.0 Å². The summed E-state index contributed by atoms with van der Waals surface area (Å²) in [4.78, 5) is 24.0. The third-order valence-electron chi connectivity index (χ3n) is 4.52. The Morgan fingerprint density at radius 3 is 2.62 bits per heavy atom. The number of aromatic nitrogens is 1. The second-order valence-corrected chi connectivity index (χ2v) is 7.07. The average Bonchev–Trinajstić information content (AvgIpc) is 3.04. The Hall–Kier alpha value is -2.72. The van der Waals surface area contributed by atoms with E-state index < -0.39 is 28.7 Å². The summed E-state index contributed by atoms with van der Waals surface area (Å²) < 4.78 is 40.1. The lowest BCUT2D eigenvalue weighted by Crippen LogP contribution is -2.45. The maximum Gasteiger partial charge on any atom is 0.417 e. The fourth-order valence-corrected chi connectivity index (χ4v) is 3.43. The van der Waals surface area contributed by atoms with E-state index in [1.807, 2.05) is 0 Å². The van der Waals surface area contributed by atoms with Crippen molar-refractivity contribution in [3.05, 3.63) is 46.7 Å². The number of hydrogen-bond acceptors (Lipinski definition) is 3. The Bertz CT molecular complexity index is 923. The van der Waals surface area contributed by atoms with Crippen LogP contribution in [0.3, 0.4) is 0 Å². The van der Waals surface area contributed by atoms with E-state index in [9.17, 15) is 22.8 Å². The topological polar surface area (TPSA) is 101 Å². The highest BCUT2D eigenvalue weighted by Gasteiger charge is 2.33. The molecule has 3 rings (SSSR count). The molecule has 1 aromatic carbocycles. The number of piperidine rings is 1. The van der Waals surface area contributed by atoms with Crippen LogP contribution in [-0.2, 0) is 6.18 Å². The Balaban J connectivity index is 1.91. The molecule has 0 bridgehead atoms. The largest absolute Gasteiger partial charge is 0.417 e. The summed E-state index contributed by atoms with van der Waals surface area (Å²) in [5.41, 5.74) is 4.76. The number of carbonyl (C=O) groups is 2. The molecule has 0 saturated carbocycles. The normalized spacial score (nSPS) is 17.0. The fourth-order valence-electron chi connectivity index (χ4n) is 3.15. The fraction of sp³-hybridized carbons (Fsp3) is 0.333. The molecule has 5 N–H and O–H groups in total. The van der Waals surface area contributed by atoms with Crippen molar-refractivity contribution in [2.24, 2.45) is 5.73 Å². The van der Waals surface area contributed by atoms with Gasteiger partial charge in [-0.05, 0) is 37.6 Å². The van der Waals surface area contributed by atoms with E-state index >= 15 is 0 Å². The molecule has 11 heteroatoms. The van der Waals surface area contributed by atoms with Gasteiger partial charge in [-0.15, -0.1) is 0 Å². The van der Waals surface area contributed by atoms with Gasteiger partial charge in [0, 0.05) is 30.7 Å². The van der Waals surface area contributed by atoms with Crippen LogP contribution in [0.5, 0.6) is 0 Å². The number of urea groups is 1. The minimum atomic E-state index is -4.58. The van der Waals surface area contributed by atoms with Gasteiger partial charge in [-0.1, -0.05) is 11.6 Å². The second-order valence-electron chi connectivity index (χ2n) is 6.66. The predicted octanol–water partition coefficient (Wildman–Crippen LogP) is 3.12. The lowest BCUT2D eigenvalue weighted by atomic mass is 10.1. The molecule has 156 valence electrons. The van der Waals surface area contributed by atoms with Gasteiger partial charge >= 0.3 is 12.2 Å². The molecule has 29 heavy (non-hydrogen) atoms. The number of primary amides is 1. The van der Waals surface area contributed by atoms with Crippen LogP contribution in [-0.4, -0.2) is 35.6 Å². The van der Waals surface area contributed by atoms with Crippen LogP contribution in [0.4, 0.5) is 23.7 Å². The number of nitrogens with two attached hydrogens (primary N) is 1. The molecular weight excluding hydrogens is 411 g/mol. The summed E-state index contributed by atoms with van der Waals surface area (Å²) in [5, 5.41) is 7.93. The van der Waals surface area contributed by atoms with Crippen molar-refractivity contribution in [2.75, 3.05) is 18.4 Å². The van der Waals surface area contributed by atoms with Crippen LogP contribution in [0.15, 0.2) is 30.6 Å². The van der Waals surface area contributed by atoms with Gasteiger partial charge in [0.15, 0.2) is 0 Å². The van der Waals surface area contributed by atoms with E-state index in [0.717, 1.165) is 31.5 Å².